The number of H-pyrrole nitrogens is 1. The number of aliphatic hydroxyl groups excluding tert-OH is 2. The van der Waals surface area contributed by atoms with Crippen molar-refractivity contribution in [3.05, 3.63) is 29.0 Å². The molecule has 0 bridgehead atoms. The molecular formula is C26H34N6O3S. The summed E-state index contributed by atoms with van der Waals surface area (Å²) in [5.74, 6) is 0.769. The highest BCUT2D eigenvalue weighted by Crippen LogP contribution is 2.43. The van der Waals surface area contributed by atoms with Crippen molar-refractivity contribution < 1.29 is 15.0 Å². The van der Waals surface area contributed by atoms with E-state index >= 15 is 0 Å². The number of nitrogens with one attached hydrogen (secondary N) is 2. The molecule has 192 valence electrons. The number of thiazole rings is 1. The van der Waals surface area contributed by atoms with E-state index in [1.165, 1.54) is 4.88 Å². The summed E-state index contributed by atoms with van der Waals surface area (Å²) in [6.45, 7) is 6.89. The SMILES string of the molecule is CC1Cc2nc(-c3cnc4[nH]ccc4c3NC3C[C@@H]4CN(C(=O)[C@H](C)O)C[C@@H]4C3)sc2CN1CCO. The van der Waals surface area contributed by atoms with Gasteiger partial charge < -0.3 is 25.4 Å². The Hall–Kier alpha value is -2.53. The number of anilines is 1. The zero-order valence-electron chi connectivity index (χ0n) is 20.8. The second kappa shape index (κ2) is 9.41. The Morgan fingerprint density at radius 2 is 2.11 bits per heavy atom. The molecule has 2 aliphatic heterocycles. The predicted octanol–water partition coefficient (Wildman–Crippen LogP) is 2.46. The normalized spacial score (nSPS) is 26.8. The van der Waals surface area contributed by atoms with E-state index in [0.29, 0.717) is 30.5 Å². The lowest BCUT2D eigenvalue weighted by Crippen LogP contribution is -2.39. The van der Waals surface area contributed by atoms with E-state index in [0.717, 1.165) is 71.9 Å². The molecular weight excluding hydrogens is 476 g/mol. The molecule has 1 amide bonds. The van der Waals surface area contributed by atoms with Gasteiger partial charge in [0.05, 0.1) is 23.6 Å². The Morgan fingerprint density at radius 3 is 2.83 bits per heavy atom. The van der Waals surface area contributed by atoms with Crippen molar-refractivity contribution >= 4 is 34.0 Å². The maximum Gasteiger partial charge on any atom is 0.251 e. The van der Waals surface area contributed by atoms with Crippen LogP contribution in [0.4, 0.5) is 5.69 Å². The molecule has 4 N–H and O–H groups in total. The Balaban J connectivity index is 1.25. The summed E-state index contributed by atoms with van der Waals surface area (Å²) in [4.78, 5) is 30.7. The van der Waals surface area contributed by atoms with Gasteiger partial charge in [-0.05, 0) is 44.6 Å². The van der Waals surface area contributed by atoms with Crippen molar-refractivity contribution in [1.29, 1.82) is 0 Å². The van der Waals surface area contributed by atoms with Crippen LogP contribution < -0.4 is 5.32 Å². The van der Waals surface area contributed by atoms with E-state index < -0.39 is 6.10 Å². The van der Waals surface area contributed by atoms with Crippen molar-refractivity contribution in [3.8, 4) is 10.6 Å². The van der Waals surface area contributed by atoms with Crippen LogP contribution in [-0.2, 0) is 17.8 Å². The average Bonchev–Trinajstić information content (AvgIpc) is 3.61. The average molecular weight is 511 g/mol. The zero-order valence-corrected chi connectivity index (χ0v) is 21.6. The number of rotatable bonds is 6. The second-order valence-electron chi connectivity index (χ2n) is 10.7. The number of pyridine rings is 1. The van der Waals surface area contributed by atoms with Crippen LogP contribution in [0.1, 0.15) is 37.3 Å². The Kier molecular flexibility index (Phi) is 6.23. The summed E-state index contributed by atoms with van der Waals surface area (Å²) in [6.07, 6.45) is 5.83. The predicted molar refractivity (Wildman–Crippen MR) is 140 cm³/mol. The van der Waals surface area contributed by atoms with Gasteiger partial charge in [0, 0.05) is 67.3 Å². The van der Waals surface area contributed by atoms with E-state index in [1.807, 2.05) is 17.3 Å². The van der Waals surface area contributed by atoms with Gasteiger partial charge in [-0.3, -0.25) is 9.69 Å². The van der Waals surface area contributed by atoms with Gasteiger partial charge in [-0.1, -0.05) is 0 Å². The van der Waals surface area contributed by atoms with Crippen LogP contribution in [0.5, 0.6) is 0 Å². The minimum Gasteiger partial charge on any atom is -0.395 e. The van der Waals surface area contributed by atoms with Gasteiger partial charge in [-0.25, -0.2) is 9.97 Å². The van der Waals surface area contributed by atoms with Crippen LogP contribution in [0, 0.1) is 11.8 Å². The van der Waals surface area contributed by atoms with Crippen LogP contribution in [0.2, 0.25) is 0 Å². The molecule has 3 aromatic rings. The Bertz CT molecular complexity index is 1260. The van der Waals surface area contributed by atoms with Gasteiger partial charge in [-0.15, -0.1) is 11.3 Å². The zero-order chi connectivity index (χ0) is 25.0. The number of aromatic amines is 1. The molecule has 2 unspecified atom stereocenters. The lowest BCUT2D eigenvalue weighted by molar-refractivity contribution is -0.138. The minimum atomic E-state index is -0.929. The topological polar surface area (TPSA) is 118 Å². The number of amides is 1. The molecule has 1 saturated carbocycles. The van der Waals surface area contributed by atoms with Crippen LogP contribution in [0.3, 0.4) is 0 Å². The van der Waals surface area contributed by atoms with E-state index in [2.05, 4.69) is 33.2 Å². The number of likely N-dealkylation sites (tertiary alicyclic amines) is 1. The monoisotopic (exact) mass is 510 g/mol. The number of β-amino-alcohol motifs (C(OH)–C–C–N with tert-alkyl or cyclic N) is 1. The van der Waals surface area contributed by atoms with E-state index in [1.54, 1.807) is 18.3 Å². The number of carbonyl (C=O) groups excluding carboxylic acids is 1. The van der Waals surface area contributed by atoms with Crippen LogP contribution >= 0.6 is 11.3 Å². The number of hydrogen-bond acceptors (Lipinski definition) is 8. The number of aromatic nitrogens is 3. The molecule has 6 rings (SSSR count). The van der Waals surface area contributed by atoms with Crippen LogP contribution in [-0.4, -0.2) is 85.3 Å². The van der Waals surface area contributed by atoms with Gasteiger partial charge in [-0.2, -0.15) is 0 Å². The van der Waals surface area contributed by atoms with Gasteiger partial charge in [0.15, 0.2) is 0 Å². The summed E-state index contributed by atoms with van der Waals surface area (Å²) in [5.41, 5.74) is 4.13. The van der Waals surface area contributed by atoms with E-state index in [-0.39, 0.29) is 12.5 Å². The smallest absolute Gasteiger partial charge is 0.251 e. The summed E-state index contributed by atoms with van der Waals surface area (Å²) < 4.78 is 0. The lowest BCUT2D eigenvalue weighted by atomic mass is 10.0. The Morgan fingerprint density at radius 1 is 1.33 bits per heavy atom. The van der Waals surface area contributed by atoms with E-state index in [9.17, 15) is 15.0 Å². The number of aliphatic hydroxyl groups is 2. The Labute approximate surface area is 214 Å². The first-order valence-electron chi connectivity index (χ1n) is 12.9. The van der Waals surface area contributed by atoms with Crippen molar-refractivity contribution in [2.24, 2.45) is 11.8 Å². The van der Waals surface area contributed by atoms with Crippen LogP contribution in [0.15, 0.2) is 18.5 Å². The molecule has 3 aromatic heterocycles. The molecule has 3 aliphatic rings. The first kappa shape index (κ1) is 23.8. The highest BCUT2D eigenvalue weighted by atomic mass is 32.1. The fourth-order valence-electron chi connectivity index (χ4n) is 6.35. The molecule has 9 nitrogen and oxygen atoms in total. The van der Waals surface area contributed by atoms with Crippen molar-refractivity contribution in [2.75, 3.05) is 31.6 Å². The van der Waals surface area contributed by atoms with Gasteiger partial charge in [0.1, 0.15) is 16.8 Å². The largest absolute Gasteiger partial charge is 0.395 e. The fourth-order valence-corrected chi connectivity index (χ4v) is 7.48. The molecule has 1 saturated heterocycles. The van der Waals surface area contributed by atoms with E-state index in [4.69, 9.17) is 4.98 Å². The molecule has 0 spiro atoms. The summed E-state index contributed by atoms with van der Waals surface area (Å²) in [5, 5.41) is 25.1. The molecule has 1 aliphatic carbocycles. The number of carbonyl (C=O) groups is 1. The minimum absolute atomic E-state index is 0.154. The summed E-state index contributed by atoms with van der Waals surface area (Å²) in [7, 11) is 0. The van der Waals surface area contributed by atoms with Gasteiger partial charge >= 0.3 is 0 Å². The van der Waals surface area contributed by atoms with Crippen molar-refractivity contribution in [3.63, 3.8) is 0 Å². The van der Waals surface area contributed by atoms with Gasteiger partial charge in [0.25, 0.3) is 5.91 Å². The third-order valence-electron chi connectivity index (χ3n) is 8.21. The molecule has 0 aromatic carbocycles. The van der Waals surface area contributed by atoms with Crippen molar-refractivity contribution in [2.45, 2.75) is 57.8 Å². The third kappa shape index (κ3) is 4.19. The number of hydrogen-bond donors (Lipinski definition) is 4. The molecule has 10 heteroatoms. The molecule has 0 radical (unpaired) electrons. The molecule has 36 heavy (non-hydrogen) atoms. The molecule has 5 atom stereocenters. The second-order valence-corrected chi connectivity index (χ2v) is 11.8. The molecule has 5 heterocycles. The lowest BCUT2D eigenvalue weighted by Gasteiger charge is -2.31. The molecule has 2 fully saturated rings. The number of fused-ring (bicyclic) bond motifs is 3. The maximum atomic E-state index is 12.3. The summed E-state index contributed by atoms with van der Waals surface area (Å²) in [6, 6.07) is 2.75. The first-order chi connectivity index (χ1) is 17.4. The van der Waals surface area contributed by atoms with Crippen molar-refractivity contribution in [1.82, 2.24) is 24.8 Å². The first-order valence-corrected chi connectivity index (χ1v) is 13.8. The highest BCUT2D eigenvalue weighted by molar-refractivity contribution is 7.15. The fraction of sp³-hybridized carbons (Fsp3) is 0.577. The number of nitrogens with zero attached hydrogens (tertiary/aromatic N) is 4. The van der Waals surface area contributed by atoms with Gasteiger partial charge in [0.2, 0.25) is 0 Å². The van der Waals surface area contributed by atoms with Crippen LogP contribution in [0.25, 0.3) is 21.6 Å². The summed E-state index contributed by atoms with van der Waals surface area (Å²) >= 11 is 1.73. The standard InChI is InChI=1S/C26H34N6O3S/c1-14-7-21-22(13-31(14)5-6-33)36-25(30-21)20-10-28-24-19(3-4-27-24)23(20)29-18-8-16-11-32(12-17(16)9-18)26(35)15(2)34/h3-4,10,14-18,33-34H,5-9,11-13H2,1-2H3,(H2,27,28,29)/t14?,15-,16-,17+,18?/m0/s1. The highest BCUT2D eigenvalue weighted by Gasteiger charge is 2.43. The third-order valence-corrected chi connectivity index (χ3v) is 9.33. The maximum absolute atomic E-state index is 12.3. The quantitative estimate of drug-likeness (QED) is 0.402.